The molecule has 2 saturated carbocycles. The average molecular weight is 379 g/mol. The molecule has 2 fully saturated rings. The van der Waals surface area contributed by atoms with Gasteiger partial charge in [-0.05, 0) is 72.9 Å². The molecule has 0 spiro atoms. The zero-order chi connectivity index (χ0) is 19.5. The van der Waals surface area contributed by atoms with E-state index in [-0.39, 0.29) is 17.6 Å². The largest absolute Gasteiger partial charge is 0.493 e. The van der Waals surface area contributed by atoms with E-state index in [4.69, 9.17) is 9.47 Å². The van der Waals surface area contributed by atoms with Crippen molar-refractivity contribution < 1.29 is 14.3 Å². The number of carbonyl (C=O) groups is 1. The van der Waals surface area contributed by atoms with Crippen LogP contribution in [0.2, 0.25) is 0 Å². The minimum absolute atomic E-state index is 0.171. The standard InChI is InChI=1S/C25H30O3/c1-17(21-5-3-7-23(13-21)27-15-19-9-10-19)25(26)18(2)22-6-4-8-24(14-22)28-16-20-11-12-20/h3-8,13-14,17-20H,9-12,15-16H2,1-2H3. The van der Waals surface area contributed by atoms with E-state index in [2.05, 4.69) is 0 Å². The summed E-state index contributed by atoms with van der Waals surface area (Å²) < 4.78 is 11.8. The lowest BCUT2D eigenvalue weighted by Crippen LogP contribution is -2.17. The second-order valence-corrected chi connectivity index (χ2v) is 8.50. The molecular weight excluding hydrogens is 348 g/mol. The zero-order valence-electron chi connectivity index (χ0n) is 16.9. The number of hydrogen-bond acceptors (Lipinski definition) is 3. The van der Waals surface area contributed by atoms with Gasteiger partial charge in [-0.1, -0.05) is 38.1 Å². The lowest BCUT2D eigenvalue weighted by atomic mass is 9.86. The molecule has 3 heteroatoms. The SMILES string of the molecule is CC(C(=O)C(C)c1cccc(OCC2CC2)c1)c1cccc(OCC2CC2)c1. The monoisotopic (exact) mass is 378 g/mol. The Morgan fingerprint density at radius 1 is 0.821 bits per heavy atom. The third kappa shape index (κ3) is 4.95. The van der Waals surface area contributed by atoms with Crippen LogP contribution in [0.3, 0.4) is 0 Å². The molecule has 3 nitrogen and oxygen atoms in total. The van der Waals surface area contributed by atoms with Crippen molar-refractivity contribution >= 4 is 5.78 Å². The second-order valence-electron chi connectivity index (χ2n) is 8.50. The Kier molecular flexibility index (Phi) is 5.70. The normalized spacial score (nSPS) is 18.4. The van der Waals surface area contributed by atoms with Crippen LogP contribution in [0.5, 0.6) is 11.5 Å². The van der Waals surface area contributed by atoms with E-state index in [1.165, 1.54) is 25.7 Å². The van der Waals surface area contributed by atoms with Gasteiger partial charge in [-0.2, -0.15) is 0 Å². The van der Waals surface area contributed by atoms with Gasteiger partial charge in [0.15, 0.2) is 0 Å². The fourth-order valence-corrected chi connectivity index (χ4v) is 3.45. The summed E-state index contributed by atoms with van der Waals surface area (Å²) in [5.74, 6) is 3.05. The number of ether oxygens (including phenoxy) is 2. The Morgan fingerprint density at radius 3 is 1.64 bits per heavy atom. The topological polar surface area (TPSA) is 35.5 Å². The smallest absolute Gasteiger partial charge is 0.147 e. The maximum atomic E-state index is 13.1. The van der Waals surface area contributed by atoms with E-state index >= 15 is 0 Å². The highest BCUT2D eigenvalue weighted by atomic mass is 16.5. The van der Waals surface area contributed by atoms with Crippen LogP contribution in [0.15, 0.2) is 48.5 Å². The predicted molar refractivity (Wildman–Crippen MR) is 111 cm³/mol. The van der Waals surface area contributed by atoms with Crippen molar-refractivity contribution in [2.45, 2.75) is 51.4 Å². The van der Waals surface area contributed by atoms with E-state index in [1.807, 2.05) is 62.4 Å². The first-order chi connectivity index (χ1) is 13.6. The summed E-state index contributed by atoms with van der Waals surface area (Å²) in [7, 11) is 0. The Labute approximate surface area is 168 Å². The Balaban J connectivity index is 1.40. The third-order valence-electron chi connectivity index (χ3n) is 5.93. The van der Waals surface area contributed by atoms with Crippen molar-refractivity contribution in [3.05, 3.63) is 59.7 Å². The first-order valence-electron chi connectivity index (χ1n) is 10.6. The number of ketones is 1. The van der Waals surface area contributed by atoms with Gasteiger partial charge in [-0.15, -0.1) is 0 Å². The fourth-order valence-electron chi connectivity index (χ4n) is 3.45. The molecule has 2 atom stereocenters. The highest BCUT2D eigenvalue weighted by Gasteiger charge is 2.25. The molecule has 28 heavy (non-hydrogen) atoms. The zero-order valence-corrected chi connectivity index (χ0v) is 16.9. The van der Waals surface area contributed by atoms with Crippen LogP contribution in [-0.2, 0) is 4.79 Å². The van der Waals surface area contributed by atoms with E-state index in [9.17, 15) is 4.79 Å². The molecule has 0 bridgehead atoms. The molecule has 4 rings (SSSR count). The molecule has 0 aromatic heterocycles. The summed E-state index contributed by atoms with van der Waals surface area (Å²) in [5, 5.41) is 0. The lowest BCUT2D eigenvalue weighted by molar-refractivity contribution is -0.121. The third-order valence-corrected chi connectivity index (χ3v) is 5.93. The quantitative estimate of drug-likeness (QED) is 0.529. The van der Waals surface area contributed by atoms with Gasteiger partial charge in [0.1, 0.15) is 17.3 Å². The fraction of sp³-hybridized carbons (Fsp3) is 0.480. The molecule has 0 N–H and O–H groups in total. The lowest BCUT2D eigenvalue weighted by Gasteiger charge is -2.18. The molecule has 0 radical (unpaired) electrons. The summed E-state index contributed by atoms with van der Waals surface area (Å²) in [5.41, 5.74) is 2.04. The maximum Gasteiger partial charge on any atom is 0.147 e. The molecule has 148 valence electrons. The van der Waals surface area contributed by atoms with Gasteiger partial charge in [-0.25, -0.2) is 0 Å². The minimum atomic E-state index is -0.171. The van der Waals surface area contributed by atoms with Gasteiger partial charge < -0.3 is 9.47 Å². The van der Waals surface area contributed by atoms with E-state index in [1.54, 1.807) is 0 Å². The molecule has 0 aliphatic heterocycles. The van der Waals surface area contributed by atoms with Crippen molar-refractivity contribution in [2.75, 3.05) is 13.2 Å². The van der Waals surface area contributed by atoms with E-state index in [0.717, 1.165) is 47.7 Å². The molecule has 2 unspecified atom stereocenters. The van der Waals surface area contributed by atoms with Crippen molar-refractivity contribution in [2.24, 2.45) is 11.8 Å². The second kappa shape index (κ2) is 8.38. The number of rotatable bonds is 10. The van der Waals surface area contributed by atoms with Gasteiger partial charge in [0.05, 0.1) is 13.2 Å². The molecule has 0 amide bonds. The summed E-state index contributed by atoms with van der Waals surface area (Å²) >= 11 is 0. The van der Waals surface area contributed by atoms with Crippen LogP contribution < -0.4 is 9.47 Å². The first kappa shape index (κ1) is 19.0. The van der Waals surface area contributed by atoms with Crippen molar-refractivity contribution in [3.8, 4) is 11.5 Å². The summed E-state index contributed by atoms with van der Waals surface area (Å²) in [4.78, 5) is 13.1. The molecule has 2 aromatic rings. The van der Waals surface area contributed by atoms with Crippen LogP contribution in [0.25, 0.3) is 0 Å². The number of hydrogen-bond donors (Lipinski definition) is 0. The van der Waals surface area contributed by atoms with Gasteiger partial charge in [-0.3, -0.25) is 4.79 Å². The highest BCUT2D eigenvalue weighted by molar-refractivity contribution is 5.91. The van der Waals surface area contributed by atoms with Crippen molar-refractivity contribution in [3.63, 3.8) is 0 Å². The molecule has 0 saturated heterocycles. The van der Waals surface area contributed by atoms with Crippen molar-refractivity contribution in [1.29, 1.82) is 0 Å². The molecule has 2 aliphatic carbocycles. The van der Waals surface area contributed by atoms with E-state index in [0.29, 0.717) is 0 Å². The molecule has 0 heterocycles. The molecule has 2 aliphatic rings. The van der Waals surface area contributed by atoms with Crippen LogP contribution in [0, 0.1) is 11.8 Å². The number of carbonyl (C=O) groups excluding carboxylic acids is 1. The van der Waals surface area contributed by atoms with Gasteiger partial charge >= 0.3 is 0 Å². The van der Waals surface area contributed by atoms with Crippen LogP contribution in [-0.4, -0.2) is 19.0 Å². The number of benzene rings is 2. The maximum absolute atomic E-state index is 13.1. The Bertz CT molecular complexity index is 753. The van der Waals surface area contributed by atoms with Gasteiger partial charge in [0.2, 0.25) is 0 Å². The predicted octanol–water partition coefficient (Wildman–Crippen LogP) is 5.74. The number of Topliss-reactive ketones (excluding diaryl/α,β-unsaturated/α-hetero) is 1. The van der Waals surface area contributed by atoms with E-state index < -0.39 is 0 Å². The Morgan fingerprint density at radius 2 is 1.25 bits per heavy atom. The minimum Gasteiger partial charge on any atom is -0.493 e. The molecule has 2 aromatic carbocycles. The molecular formula is C25H30O3. The van der Waals surface area contributed by atoms with Gasteiger partial charge in [0.25, 0.3) is 0 Å². The summed E-state index contributed by atoms with van der Waals surface area (Å²) in [6.07, 6.45) is 5.09. The van der Waals surface area contributed by atoms with Crippen LogP contribution in [0.1, 0.15) is 62.5 Å². The summed E-state index contributed by atoms with van der Waals surface area (Å²) in [6.45, 7) is 5.56. The average Bonchev–Trinajstić information content (AvgIpc) is 3.64. The highest BCUT2D eigenvalue weighted by Crippen LogP contribution is 2.33. The Hall–Kier alpha value is -2.29. The van der Waals surface area contributed by atoms with Crippen LogP contribution >= 0.6 is 0 Å². The summed E-state index contributed by atoms with van der Waals surface area (Å²) in [6, 6.07) is 16.0. The van der Waals surface area contributed by atoms with Gasteiger partial charge in [0, 0.05) is 11.8 Å². The van der Waals surface area contributed by atoms with Crippen molar-refractivity contribution in [1.82, 2.24) is 0 Å². The van der Waals surface area contributed by atoms with Crippen LogP contribution in [0.4, 0.5) is 0 Å². The first-order valence-corrected chi connectivity index (χ1v) is 10.6.